The van der Waals surface area contributed by atoms with Crippen LogP contribution in [0.25, 0.3) is 0 Å². The van der Waals surface area contributed by atoms with E-state index in [-0.39, 0.29) is 30.9 Å². The fourth-order valence-corrected chi connectivity index (χ4v) is 4.40. The first kappa shape index (κ1) is 23.7. The Bertz CT molecular complexity index is 923. The first-order chi connectivity index (χ1) is 16.0. The third kappa shape index (κ3) is 6.31. The molecule has 0 bridgehead atoms. The fourth-order valence-electron chi connectivity index (χ4n) is 4.40. The van der Waals surface area contributed by atoms with Crippen LogP contribution >= 0.6 is 0 Å². The van der Waals surface area contributed by atoms with E-state index in [0.717, 1.165) is 36.2 Å². The molecule has 33 heavy (non-hydrogen) atoms. The Hall–Kier alpha value is -2.49. The highest BCUT2D eigenvalue weighted by molar-refractivity contribution is 5.89. The summed E-state index contributed by atoms with van der Waals surface area (Å²) in [4.78, 5) is 14.2. The zero-order valence-corrected chi connectivity index (χ0v) is 18.9. The summed E-state index contributed by atoms with van der Waals surface area (Å²) in [5, 5.41) is 24.8. The third-order valence-corrected chi connectivity index (χ3v) is 6.08. The standard InChI is InChI=1S/C25H33N3O5/c1-2-26-25(31)27-20-5-3-4-19(12-20)24-32-22(15-28-11-10-21(30)14-28)13-23(33-24)18-8-6-17(16-29)7-9-18/h3-9,12,21-24,29-30H,2,10-11,13-16H2,1H3,(H2,26,27,31)/t21-,22+,23-,24?/m1/s1. The summed E-state index contributed by atoms with van der Waals surface area (Å²) in [6.07, 6.45) is 0.366. The van der Waals surface area contributed by atoms with Crippen LogP contribution in [0.15, 0.2) is 48.5 Å². The number of aliphatic hydroxyl groups is 2. The molecule has 8 nitrogen and oxygen atoms in total. The van der Waals surface area contributed by atoms with E-state index in [4.69, 9.17) is 9.47 Å². The Morgan fingerprint density at radius 2 is 1.97 bits per heavy atom. The van der Waals surface area contributed by atoms with Crippen LogP contribution in [-0.4, -0.2) is 59.5 Å². The van der Waals surface area contributed by atoms with Crippen LogP contribution in [0.2, 0.25) is 0 Å². The van der Waals surface area contributed by atoms with Gasteiger partial charge in [0, 0.05) is 43.9 Å². The molecule has 0 aromatic heterocycles. The average molecular weight is 456 g/mol. The molecule has 0 saturated carbocycles. The molecule has 1 unspecified atom stereocenters. The Morgan fingerprint density at radius 3 is 2.67 bits per heavy atom. The molecule has 2 fully saturated rings. The van der Waals surface area contributed by atoms with Crippen molar-refractivity contribution in [1.29, 1.82) is 0 Å². The molecule has 178 valence electrons. The molecule has 2 aliphatic rings. The number of likely N-dealkylation sites (tertiary alicyclic amines) is 1. The van der Waals surface area contributed by atoms with E-state index >= 15 is 0 Å². The first-order valence-corrected chi connectivity index (χ1v) is 11.6. The normalized spacial score (nSPS) is 25.7. The number of rotatable bonds is 7. The van der Waals surface area contributed by atoms with Crippen LogP contribution in [-0.2, 0) is 16.1 Å². The molecule has 2 aliphatic heterocycles. The van der Waals surface area contributed by atoms with Crippen molar-refractivity contribution in [2.24, 2.45) is 0 Å². The number of nitrogens with zero attached hydrogens (tertiary/aromatic N) is 1. The summed E-state index contributed by atoms with van der Waals surface area (Å²) in [6, 6.07) is 15.0. The predicted molar refractivity (Wildman–Crippen MR) is 125 cm³/mol. The molecule has 4 atom stereocenters. The van der Waals surface area contributed by atoms with Crippen LogP contribution in [0, 0.1) is 0 Å². The second-order valence-corrected chi connectivity index (χ2v) is 8.66. The maximum Gasteiger partial charge on any atom is 0.319 e. The lowest BCUT2D eigenvalue weighted by atomic mass is 9.99. The van der Waals surface area contributed by atoms with Gasteiger partial charge in [0.2, 0.25) is 0 Å². The number of hydrogen-bond donors (Lipinski definition) is 4. The molecular formula is C25H33N3O5. The van der Waals surface area contributed by atoms with Gasteiger partial charge in [-0.25, -0.2) is 4.79 Å². The zero-order valence-electron chi connectivity index (χ0n) is 18.9. The smallest absolute Gasteiger partial charge is 0.319 e. The Labute approximate surface area is 194 Å². The Kier molecular flexibility index (Phi) is 7.95. The van der Waals surface area contributed by atoms with E-state index < -0.39 is 6.29 Å². The number of hydrogen-bond acceptors (Lipinski definition) is 6. The van der Waals surface area contributed by atoms with Crippen molar-refractivity contribution < 1.29 is 24.5 Å². The molecule has 4 rings (SSSR count). The number of nitrogens with one attached hydrogen (secondary N) is 2. The number of urea groups is 1. The summed E-state index contributed by atoms with van der Waals surface area (Å²) in [7, 11) is 0. The average Bonchev–Trinajstić information content (AvgIpc) is 3.23. The molecular weight excluding hydrogens is 422 g/mol. The highest BCUT2D eigenvalue weighted by atomic mass is 16.7. The van der Waals surface area contributed by atoms with Crippen molar-refractivity contribution in [3.63, 3.8) is 0 Å². The van der Waals surface area contributed by atoms with E-state index in [1.807, 2.05) is 55.5 Å². The van der Waals surface area contributed by atoms with Crippen LogP contribution in [0.4, 0.5) is 10.5 Å². The molecule has 2 aromatic carbocycles. The van der Waals surface area contributed by atoms with Crippen molar-refractivity contribution in [3.05, 3.63) is 65.2 Å². The minimum absolute atomic E-state index is 0.00283. The lowest BCUT2D eigenvalue weighted by Gasteiger charge is -2.38. The molecule has 8 heteroatoms. The van der Waals surface area contributed by atoms with Crippen molar-refractivity contribution in [1.82, 2.24) is 10.2 Å². The second-order valence-electron chi connectivity index (χ2n) is 8.66. The SMILES string of the molecule is CCNC(=O)Nc1cccc(C2O[C@H](CN3CC[C@@H](O)C3)C[C@H](c3ccc(CO)cc3)O2)c1. The lowest BCUT2D eigenvalue weighted by molar-refractivity contribution is -0.252. The largest absolute Gasteiger partial charge is 0.392 e. The van der Waals surface area contributed by atoms with Gasteiger partial charge in [0.25, 0.3) is 0 Å². The summed E-state index contributed by atoms with van der Waals surface area (Å²) >= 11 is 0. The molecule has 2 heterocycles. The monoisotopic (exact) mass is 455 g/mol. The van der Waals surface area contributed by atoms with Crippen LogP contribution in [0.5, 0.6) is 0 Å². The highest BCUT2D eigenvalue weighted by Gasteiger charge is 2.34. The van der Waals surface area contributed by atoms with Gasteiger partial charge in [-0.05, 0) is 36.6 Å². The molecule has 2 amide bonds. The third-order valence-electron chi connectivity index (χ3n) is 6.08. The van der Waals surface area contributed by atoms with Gasteiger partial charge in [-0.15, -0.1) is 0 Å². The number of carbonyl (C=O) groups is 1. The van der Waals surface area contributed by atoms with Gasteiger partial charge >= 0.3 is 6.03 Å². The van der Waals surface area contributed by atoms with E-state index in [0.29, 0.717) is 25.2 Å². The van der Waals surface area contributed by atoms with Gasteiger partial charge in [-0.3, -0.25) is 4.90 Å². The quantitative estimate of drug-likeness (QED) is 0.512. The van der Waals surface area contributed by atoms with E-state index in [2.05, 4.69) is 15.5 Å². The van der Waals surface area contributed by atoms with Crippen LogP contribution in [0.1, 0.15) is 48.8 Å². The molecule has 0 radical (unpaired) electrons. The summed E-state index contributed by atoms with van der Waals surface area (Å²) in [5.74, 6) is 0. The second kappa shape index (κ2) is 11.1. The number of aliphatic hydroxyl groups excluding tert-OH is 2. The number of β-amino-alcohol motifs (C(OH)–C–C–N with tert-alkyl or cyclic N) is 1. The fraction of sp³-hybridized carbons (Fsp3) is 0.480. The van der Waals surface area contributed by atoms with Crippen LogP contribution in [0.3, 0.4) is 0 Å². The van der Waals surface area contributed by atoms with Crippen molar-refractivity contribution in [2.45, 2.75) is 51.0 Å². The van der Waals surface area contributed by atoms with Crippen molar-refractivity contribution in [2.75, 3.05) is 31.5 Å². The zero-order chi connectivity index (χ0) is 23.2. The van der Waals surface area contributed by atoms with E-state index in [1.165, 1.54) is 0 Å². The van der Waals surface area contributed by atoms with Crippen molar-refractivity contribution >= 4 is 11.7 Å². The minimum Gasteiger partial charge on any atom is -0.392 e. The maximum atomic E-state index is 11.9. The van der Waals surface area contributed by atoms with Gasteiger partial charge in [-0.1, -0.05) is 36.4 Å². The number of carbonyl (C=O) groups excluding carboxylic acids is 1. The molecule has 0 spiro atoms. The van der Waals surface area contributed by atoms with Crippen LogP contribution < -0.4 is 10.6 Å². The minimum atomic E-state index is -0.588. The van der Waals surface area contributed by atoms with Gasteiger partial charge < -0.3 is 30.3 Å². The van der Waals surface area contributed by atoms with E-state index in [9.17, 15) is 15.0 Å². The molecule has 2 saturated heterocycles. The van der Waals surface area contributed by atoms with E-state index in [1.54, 1.807) is 0 Å². The van der Waals surface area contributed by atoms with Crippen molar-refractivity contribution in [3.8, 4) is 0 Å². The molecule has 2 aromatic rings. The first-order valence-electron chi connectivity index (χ1n) is 11.6. The topological polar surface area (TPSA) is 103 Å². The Morgan fingerprint density at radius 1 is 1.15 bits per heavy atom. The predicted octanol–water partition coefficient (Wildman–Crippen LogP) is 2.93. The molecule has 0 aliphatic carbocycles. The van der Waals surface area contributed by atoms with Gasteiger partial charge in [-0.2, -0.15) is 0 Å². The molecule has 4 N–H and O–H groups in total. The number of amides is 2. The number of benzene rings is 2. The van der Waals surface area contributed by atoms with Gasteiger partial charge in [0.05, 0.1) is 24.9 Å². The Balaban J connectivity index is 1.53. The summed E-state index contributed by atoms with van der Waals surface area (Å²) < 4.78 is 12.7. The lowest BCUT2D eigenvalue weighted by Crippen LogP contribution is -2.38. The number of anilines is 1. The number of ether oxygens (including phenoxy) is 2. The highest BCUT2D eigenvalue weighted by Crippen LogP contribution is 2.38. The summed E-state index contributed by atoms with van der Waals surface area (Å²) in [5.41, 5.74) is 3.38. The van der Waals surface area contributed by atoms with Gasteiger partial charge in [0.1, 0.15) is 0 Å². The van der Waals surface area contributed by atoms with Gasteiger partial charge in [0.15, 0.2) is 6.29 Å². The summed E-state index contributed by atoms with van der Waals surface area (Å²) in [6.45, 7) is 4.65. The maximum absolute atomic E-state index is 11.9.